The van der Waals surface area contributed by atoms with Crippen LogP contribution in [-0.2, 0) is 0 Å². The van der Waals surface area contributed by atoms with E-state index in [4.69, 9.17) is 23.2 Å². The Morgan fingerprint density at radius 2 is 1.31 bits per heavy atom. The molecule has 0 fully saturated rings. The topological polar surface area (TPSA) is 37.4 Å². The first-order valence-electron chi connectivity index (χ1n) is 8.90. The number of benzene rings is 2. The van der Waals surface area contributed by atoms with Crippen molar-refractivity contribution < 1.29 is 9.59 Å². The molecular formula is C21H23Cl2NO2. The van der Waals surface area contributed by atoms with E-state index in [-0.39, 0.29) is 11.8 Å². The van der Waals surface area contributed by atoms with Crippen LogP contribution in [0.4, 0.5) is 0 Å². The zero-order valence-corrected chi connectivity index (χ0v) is 16.4. The Kier molecular flexibility index (Phi) is 8.14. The number of carbonyl (C=O) groups is 2. The zero-order valence-electron chi connectivity index (χ0n) is 14.9. The normalized spacial score (nSPS) is 10.6. The molecule has 0 aromatic heterocycles. The Hall–Kier alpha value is -1.84. The van der Waals surface area contributed by atoms with Crippen LogP contribution in [0.15, 0.2) is 48.5 Å². The summed E-state index contributed by atoms with van der Waals surface area (Å²) in [4.78, 5) is 27.2. The van der Waals surface area contributed by atoms with Gasteiger partial charge >= 0.3 is 0 Å². The van der Waals surface area contributed by atoms with Crippen molar-refractivity contribution in [2.24, 2.45) is 0 Å². The van der Waals surface area contributed by atoms with Crippen molar-refractivity contribution in [2.45, 2.75) is 39.0 Å². The van der Waals surface area contributed by atoms with Gasteiger partial charge < -0.3 is 0 Å². The average molecular weight is 392 g/mol. The molecule has 5 heteroatoms. The van der Waals surface area contributed by atoms with Gasteiger partial charge in [0.05, 0.1) is 0 Å². The minimum Gasteiger partial charge on any atom is -0.274 e. The molecule has 2 aromatic rings. The van der Waals surface area contributed by atoms with Crippen molar-refractivity contribution >= 4 is 35.0 Å². The lowest BCUT2D eigenvalue weighted by atomic mass is 10.1. The van der Waals surface area contributed by atoms with E-state index in [1.54, 1.807) is 48.5 Å². The maximum atomic E-state index is 12.9. The van der Waals surface area contributed by atoms with Gasteiger partial charge in [0.25, 0.3) is 11.8 Å². The fraction of sp³-hybridized carbons (Fsp3) is 0.333. The number of halogens is 2. The predicted molar refractivity (Wildman–Crippen MR) is 107 cm³/mol. The number of unbranched alkanes of at least 4 members (excludes halogenated alkanes) is 4. The number of rotatable bonds is 8. The van der Waals surface area contributed by atoms with Gasteiger partial charge in [-0.25, -0.2) is 0 Å². The van der Waals surface area contributed by atoms with Crippen LogP contribution in [-0.4, -0.2) is 23.3 Å². The third-order valence-corrected chi connectivity index (χ3v) is 4.59. The van der Waals surface area contributed by atoms with Crippen LogP contribution in [0, 0.1) is 0 Å². The highest BCUT2D eigenvalue weighted by atomic mass is 35.5. The first-order valence-corrected chi connectivity index (χ1v) is 9.66. The summed E-state index contributed by atoms with van der Waals surface area (Å²) in [6.45, 7) is 2.53. The van der Waals surface area contributed by atoms with Gasteiger partial charge in [0.1, 0.15) is 0 Å². The number of nitrogens with zero attached hydrogens (tertiary/aromatic N) is 1. The van der Waals surface area contributed by atoms with Gasteiger partial charge in [-0.05, 0) is 42.8 Å². The van der Waals surface area contributed by atoms with Crippen molar-refractivity contribution in [1.82, 2.24) is 4.90 Å². The molecule has 0 aliphatic carbocycles. The molecule has 0 bridgehead atoms. The van der Waals surface area contributed by atoms with Gasteiger partial charge in [-0.3, -0.25) is 14.5 Å². The first-order chi connectivity index (χ1) is 12.5. The highest BCUT2D eigenvalue weighted by Gasteiger charge is 2.24. The number of hydrogen-bond acceptors (Lipinski definition) is 2. The highest BCUT2D eigenvalue weighted by molar-refractivity contribution is 6.31. The Morgan fingerprint density at radius 1 is 0.808 bits per heavy atom. The summed E-state index contributed by atoms with van der Waals surface area (Å²) in [6, 6.07) is 13.3. The second-order valence-electron chi connectivity index (χ2n) is 6.20. The van der Waals surface area contributed by atoms with E-state index in [1.807, 2.05) is 0 Å². The Bertz CT molecular complexity index is 704. The maximum Gasteiger partial charge on any atom is 0.260 e. The lowest BCUT2D eigenvalue weighted by molar-refractivity contribution is 0.0613. The van der Waals surface area contributed by atoms with Gasteiger partial charge in [-0.1, -0.05) is 67.9 Å². The summed E-state index contributed by atoms with van der Waals surface area (Å²) in [5.41, 5.74) is 0.808. The smallest absolute Gasteiger partial charge is 0.260 e. The van der Waals surface area contributed by atoms with Crippen molar-refractivity contribution in [3.8, 4) is 0 Å². The molecule has 2 amide bonds. The third kappa shape index (κ3) is 5.86. The summed E-state index contributed by atoms with van der Waals surface area (Å²) in [7, 11) is 0. The standard InChI is InChI=1S/C21H23Cl2NO2/c1-2-3-4-5-6-13-24(20(25)16-9-7-11-18(22)14-16)21(26)17-10-8-12-19(23)15-17/h7-12,14-15H,2-6,13H2,1H3. The molecule has 0 heterocycles. The summed E-state index contributed by atoms with van der Waals surface area (Å²) in [6.07, 6.45) is 5.16. The molecule has 2 aromatic carbocycles. The van der Waals surface area contributed by atoms with Crippen LogP contribution in [0.5, 0.6) is 0 Å². The van der Waals surface area contributed by atoms with Crippen molar-refractivity contribution in [2.75, 3.05) is 6.54 Å². The monoisotopic (exact) mass is 391 g/mol. The Labute approximate surface area is 164 Å². The van der Waals surface area contributed by atoms with E-state index in [0.29, 0.717) is 27.7 Å². The number of imide groups is 1. The predicted octanol–water partition coefficient (Wildman–Crippen LogP) is 6.25. The molecule has 0 aliphatic heterocycles. The fourth-order valence-electron chi connectivity index (χ4n) is 2.72. The van der Waals surface area contributed by atoms with E-state index in [1.165, 1.54) is 4.90 Å². The van der Waals surface area contributed by atoms with E-state index < -0.39 is 0 Å². The van der Waals surface area contributed by atoms with Gasteiger partial charge in [0, 0.05) is 27.7 Å². The van der Waals surface area contributed by atoms with Gasteiger partial charge in [-0.15, -0.1) is 0 Å². The summed E-state index contributed by atoms with van der Waals surface area (Å²) >= 11 is 12.0. The van der Waals surface area contributed by atoms with Gasteiger partial charge in [0.15, 0.2) is 0 Å². The van der Waals surface area contributed by atoms with Crippen LogP contribution in [0.25, 0.3) is 0 Å². The highest BCUT2D eigenvalue weighted by Crippen LogP contribution is 2.18. The van der Waals surface area contributed by atoms with Gasteiger partial charge in [-0.2, -0.15) is 0 Å². The third-order valence-electron chi connectivity index (χ3n) is 4.12. The molecule has 0 saturated carbocycles. The summed E-state index contributed by atoms with van der Waals surface area (Å²) in [5.74, 6) is -0.680. The maximum absolute atomic E-state index is 12.9. The molecule has 138 valence electrons. The molecule has 0 unspecified atom stereocenters. The number of carbonyl (C=O) groups excluding carboxylic acids is 2. The zero-order chi connectivity index (χ0) is 18.9. The van der Waals surface area contributed by atoms with Crippen LogP contribution < -0.4 is 0 Å². The number of hydrogen-bond donors (Lipinski definition) is 0. The van der Waals surface area contributed by atoms with Crippen LogP contribution in [0.3, 0.4) is 0 Å². The second-order valence-corrected chi connectivity index (χ2v) is 7.07. The second kappa shape index (κ2) is 10.3. The van der Waals surface area contributed by atoms with E-state index in [2.05, 4.69) is 6.92 Å². The molecular weight excluding hydrogens is 369 g/mol. The molecule has 0 aliphatic rings. The Balaban J connectivity index is 2.20. The lowest BCUT2D eigenvalue weighted by Crippen LogP contribution is -2.37. The lowest BCUT2D eigenvalue weighted by Gasteiger charge is -2.21. The molecule has 0 N–H and O–H groups in total. The molecule has 26 heavy (non-hydrogen) atoms. The van der Waals surface area contributed by atoms with Crippen molar-refractivity contribution in [3.63, 3.8) is 0 Å². The molecule has 3 nitrogen and oxygen atoms in total. The SMILES string of the molecule is CCCCCCCN(C(=O)c1cccc(Cl)c1)C(=O)c1cccc(Cl)c1. The van der Waals surface area contributed by atoms with Crippen molar-refractivity contribution in [1.29, 1.82) is 0 Å². The molecule has 2 rings (SSSR count). The number of amides is 2. The molecule has 0 spiro atoms. The van der Waals surface area contributed by atoms with Crippen LogP contribution >= 0.6 is 23.2 Å². The van der Waals surface area contributed by atoms with Crippen LogP contribution in [0.2, 0.25) is 10.0 Å². The summed E-state index contributed by atoms with van der Waals surface area (Å²) in [5, 5.41) is 0.933. The van der Waals surface area contributed by atoms with E-state index in [9.17, 15) is 9.59 Å². The minimum atomic E-state index is -0.340. The first kappa shape index (κ1) is 20.5. The molecule has 0 saturated heterocycles. The molecule has 0 radical (unpaired) electrons. The Morgan fingerprint density at radius 3 is 1.77 bits per heavy atom. The average Bonchev–Trinajstić information content (AvgIpc) is 2.64. The molecule has 0 atom stereocenters. The fourth-order valence-corrected chi connectivity index (χ4v) is 3.10. The minimum absolute atomic E-state index is 0.340. The summed E-state index contributed by atoms with van der Waals surface area (Å²) < 4.78 is 0. The van der Waals surface area contributed by atoms with Gasteiger partial charge in [0.2, 0.25) is 0 Å². The van der Waals surface area contributed by atoms with E-state index >= 15 is 0 Å². The largest absolute Gasteiger partial charge is 0.274 e. The van der Waals surface area contributed by atoms with Crippen molar-refractivity contribution in [3.05, 3.63) is 69.7 Å². The quantitative estimate of drug-likeness (QED) is 0.394. The van der Waals surface area contributed by atoms with E-state index in [0.717, 1.165) is 32.1 Å². The van der Waals surface area contributed by atoms with Crippen LogP contribution in [0.1, 0.15) is 59.7 Å².